The molecule has 0 bridgehead atoms. The lowest BCUT2D eigenvalue weighted by Gasteiger charge is -2.24. The Morgan fingerprint density at radius 2 is 2.24 bits per heavy atom. The SMILES string of the molecule is C1CSCC(CCNC2CCN(C3CC3)C2)N1. The summed E-state index contributed by atoms with van der Waals surface area (Å²) in [6, 6.07) is 2.48. The quantitative estimate of drug-likeness (QED) is 0.763. The van der Waals surface area contributed by atoms with Gasteiger partial charge in [-0.15, -0.1) is 0 Å². The Kier molecular flexibility index (Phi) is 4.27. The van der Waals surface area contributed by atoms with Gasteiger partial charge in [0.1, 0.15) is 0 Å². The van der Waals surface area contributed by atoms with E-state index in [1.54, 1.807) is 0 Å². The van der Waals surface area contributed by atoms with Crippen LogP contribution in [0.3, 0.4) is 0 Å². The molecule has 3 aliphatic rings. The summed E-state index contributed by atoms with van der Waals surface area (Å²) in [5, 5.41) is 7.36. The molecule has 0 spiro atoms. The van der Waals surface area contributed by atoms with Gasteiger partial charge in [0.2, 0.25) is 0 Å². The second-order valence-corrected chi connectivity index (χ2v) is 6.83. The highest BCUT2D eigenvalue weighted by molar-refractivity contribution is 7.99. The van der Waals surface area contributed by atoms with Gasteiger partial charge in [0.25, 0.3) is 0 Å². The average molecular weight is 255 g/mol. The predicted molar refractivity (Wildman–Crippen MR) is 74.7 cm³/mol. The molecule has 2 N–H and O–H groups in total. The minimum atomic E-state index is 0.752. The number of hydrogen-bond donors (Lipinski definition) is 2. The van der Waals surface area contributed by atoms with E-state index in [9.17, 15) is 0 Å². The molecule has 3 fully saturated rings. The highest BCUT2D eigenvalue weighted by Gasteiger charge is 2.34. The van der Waals surface area contributed by atoms with Gasteiger partial charge in [-0.2, -0.15) is 11.8 Å². The van der Waals surface area contributed by atoms with Gasteiger partial charge in [-0.05, 0) is 32.2 Å². The first kappa shape index (κ1) is 12.3. The van der Waals surface area contributed by atoms with E-state index in [1.165, 1.54) is 63.4 Å². The molecule has 2 atom stereocenters. The van der Waals surface area contributed by atoms with E-state index in [0.29, 0.717) is 0 Å². The Hall–Kier alpha value is 0.230. The molecule has 0 aromatic rings. The normalized spacial score (nSPS) is 35.3. The summed E-state index contributed by atoms with van der Waals surface area (Å²) in [7, 11) is 0. The van der Waals surface area contributed by atoms with Gasteiger partial charge in [-0.1, -0.05) is 0 Å². The maximum absolute atomic E-state index is 3.75. The van der Waals surface area contributed by atoms with Crippen LogP contribution in [0.1, 0.15) is 25.7 Å². The zero-order valence-electron chi connectivity index (χ0n) is 10.7. The predicted octanol–water partition coefficient (Wildman–Crippen LogP) is 0.908. The number of hydrogen-bond acceptors (Lipinski definition) is 4. The molecule has 0 aromatic carbocycles. The van der Waals surface area contributed by atoms with Crippen molar-refractivity contribution in [2.24, 2.45) is 0 Å². The Morgan fingerprint density at radius 3 is 3.00 bits per heavy atom. The van der Waals surface area contributed by atoms with Crippen molar-refractivity contribution in [3.63, 3.8) is 0 Å². The molecule has 3 nitrogen and oxygen atoms in total. The van der Waals surface area contributed by atoms with Crippen LogP contribution in [-0.2, 0) is 0 Å². The van der Waals surface area contributed by atoms with Crippen LogP contribution in [0.25, 0.3) is 0 Å². The lowest BCUT2D eigenvalue weighted by atomic mass is 10.2. The van der Waals surface area contributed by atoms with Gasteiger partial charge in [0, 0.05) is 49.3 Å². The molecule has 1 aliphatic carbocycles. The molecule has 2 heterocycles. The van der Waals surface area contributed by atoms with Crippen molar-refractivity contribution in [2.45, 2.75) is 43.8 Å². The fourth-order valence-electron chi connectivity index (χ4n) is 2.99. The summed E-state index contributed by atoms with van der Waals surface area (Å²) in [6.45, 7) is 5.03. The Bertz CT molecular complexity index is 239. The van der Waals surface area contributed by atoms with Crippen LogP contribution in [0.15, 0.2) is 0 Å². The van der Waals surface area contributed by atoms with Gasteiger partial charge in [0.05, 0.1) is 0 Å². The van der Waals surface area contributed by atoms with E-state index in [0.717, 1.165) is 18.1 Å². The number of likely N-dealkylation sites (tertiary alicyclic amines) is 1. The number of thioether (sulfide) groups is 1. The average Bonchev–Trinajstić information content (AvgIpc) is 3.11. The lowest BCUT2D eigenvalue weighted by Crippen LogP contribution is -2.41. The summed E-state index contributed by atoms with van der Waals surface area (Å²) >= 11 is 2.10. The maximum atomic E-state index is 3.75. The molecule has 17 heavy (non-hydrogen) atoms. The van der Waals surface area contributed by atoms with Gasteiger partial charge >= 0.3 is 0 Å². The summed E-state index contributed by atoms with van der Waals surface area (Å²) in [5.41, 5.74) is 0. The van der Waals surface area contributed by atoms with Crippen molar-refractivity contribution in [3.05, 3.63) is 0 Å². The standard InChI is InChI=1S/C13H25N3S/c1-2-13(1)16-7-4-11(9-16)14-5-3-12-10-17-8-6-15-12/h11-15H,1-10H2. The minimum Gasteiger partial charge on any atom is -0.313 e. The van der Waals surface area contributed by atoms with E-state index < -0.39 is 0 Å². The highest BCUT2D eigenvalue weighted by atomic mass is 32.2. The van der Waals surface area contributed by atoms with E-state index in [4.69, 9.17) is 0 Å². The van der Waals surface area contributed by atoms with Crippen molar-refractivity contribution in [3.8, 4) is 0 Å². The van der Waals surface area contributed by atoms with Crippen LogP contribution in [-0.4, -0.2) is 60.7 Å². The maximum Gasteiger partial charge on any atom is 0.0207 e. The molecule has 98 valence electrons. The van der Waals surface area contributed by atoms with Crippen molar-refractivity contribution >= 4 is 11.8 Å². The molecule has 0 radical (unpaired) electrons. The topological polar surface area (TPSA) is 27.3 Å². The van der Waals surface area contributed by atoms with E-state index >= 15 is 0 Å². The smallest absolute Gasteiger partial charge is 0.0207 e. The third-order valence-electron chi connectivity index (χ3n) is 4.21. The zero-order valence-corrected chi connectivity index (χ0v) is 11.5. The molecule has 2 aliphatic heterocycles. The summed E-state index contributed by atoms with van der Waals surface area (Å²) in [4.78, 5) is 2.69. The van der Waals surface area contributed by atoms with E-state index in [1.807, 2.05) is 0 Å². The van der Waals surface area contributed by atoms with Crippen molar-refractivity contribution in [1.29, 1.82) is 0 Å². The molecule has 4 heteroatoms. The van der Waals surface area contributed by atoms with Gasteiger partial charge in [0.15, 0.2) is 0 Å². The van der Waals surface area contributed by atoms with Crippen LogP contribution < -0.4 is 10.6 Å². The third kappa shape index (κ3) is 3.60. The summed E-state index contributed by atoms with van der Waals surface area (Å²) < 4.78 is 0. The van der Waals surface area contributed by atoms with E-state index in [2.05, 4.69) is 27.3 Å². The molecular formula is C13H25N3S. The second-order valence-electron chi connectivity index (χ2n) is 5.68. The number of nitrogens with one attached hydrogen (secondary N) is 2. The first-order chi connectivity index (χ1) is 8.42. The third-order valence-corrected chi connectivity index (χ3v) is 5.34. The largest absolute Gasteiger partial charge is 0.313 e. The van der Waals surface area contributed by atoms with Gasteiger partial charge in [-0.3, -0.25) is 4.90 Å². The Balaban J connectivity index is 1.29. The first-order valence-electron chi connectivity index (χ1n) is 7.20. The van der Waals surface area contributed by atoms with E-state index in [-0.39, 0.29) is 0 Å². The molecule has 2 unspecified atom stereocenters. The first-order valence-corrected chi connectivity index (χ1v) is 8.36. The van der Waals surface area contributed by atoms with Gasteiger partial charge < -0.3 is 10.6 Å². The monoisotopic (exact) mass is 255 g/mol. The van der Waals surface area contributed by atoms with Crippen LogP contribution in [0.4, 0.5) is 0 Å². The van der Waals surface area contributed by atoms with Crippen molar-refractivity contribution < 1.29 is 0 Å². The van der Waals surface area contributed by atoms with Crippen LogP contribution in [0.5, 0.6) is 0 Å². The fraction of sp³-hybridized carbons (Fsp3) is 1.00. The molecule has 2 saturated heterocycles. The Labute approximate surface area is 109 Å². The van der Waals surface area contributed by atoms with Crippen molar-refractivity contribution in [1.82, 2.24) is 15.5 Å². The number of rotatable bonds is 5. The van der Waals surface area contributed by atoms with Crippen LogP contribution >= 0.6 is 11.8 Å². The van der Waals surface area contributed by atoms with Crippen molar-refractivity contribution in [2.75, 3.05) is 37.7 Å². The van der Waals surface area contributed by atoms with Gasteiger partial charge in [-0.25, -0.2) is 0 Å². The molecule has 1 saturated carbocycles. The molecule has 0 aromatic heterocycles. The minimum absolute atomic E-state index is 0.752. The Morgan fingerprint density at radius 1 is 1.29 bits per heavy atom. The summed E-state index contributed by atoms with van der Waals surface area (Å²) in [6.07, 6.45) is 5.57. The zero-order chi connectivity index (χ0) is 11.5. The summed E-state index contributed by atoms with van der Waals surface area (Å²) in [5.74, 6) is 2.60. The highest BCUT2D eigenvalue weighted by Crippen LogP contribution is 2.29. The fourth-order valence-corrected chi connectivity index (χ4v) is 3.99. The second kappa shape index (κ2) is 5.91. The number of nitrogens with zero attached hydrogens (tertiary/aromatic N) is 1. The van der Waals surface area contributed by atoms with Crippen LogP contribution in [0, 0.1) is 0 Å². The molecular weight excluding hydrogens is 230 g/mol. The molecule has 3 rings (SSSR count). The van der Waals surface area contributed by atoms with Crippen LogP contribution in [0.2, 0.25) is 0 Å². The lowest BCUT2D eigenvalue weighted by molar-refractivity contribution is 0.316. The molecule has 0 amide bonds.